The maximum atomic E-state index is 13.0. The van der Waals surface area contributed by atoms with E-state index in [-0.39, 0.29) is 11.9 Å². The smallest absolute Gasteiger partial charge is 0.123 e. The number of hydrogen-bond donors (Lipinski definition) is 1. The van der Waals surface area contributed by atoms with Gasteiger partial charge in [-0.15, -0.1) is 0 Å². The van der Waals surface area contributed by atoms with Gasteiger partial charge in [-0.1, -0.05) is 48.5 Å². The van der Waals surface area contributed by atoms with Crippen LogP contribution in [0, 0.1) is 5.82 Å². The average Bonchev–Trinajstić information content (AvgIpc) is 2.50. The van der Waals surface area contributed by atoms with E-state index in [1.165, 1.54) is 28.5 Å². The molecule has 0 fully saturated rings. The second-order valence-electron chi connectivity index (χ2n) is 4.88. The summed E-state index contributed by atoms with van der Waals surface area (Å²) in [5.41, 5.74) is 2.24. The van der Waals surface area contributed by atoms with Crippen LogP contribution in [0.5, 0.6) is 0 Å². The fourth-order valence-corrected chi connectivity index (χ4v) is 2.57. The van der Waals surface area contributed by atoms with Crippen LogP contribution >= 0.6 is 0 Å². The van der Waals surface area contributed by atoms with Crippen LogP contribution in [0.2, 0.25) is 0 Å². The molecule has 0 radical (unpaired) electrons. The topological polar surface area (TPSA) is 12.0 Å². The number of halogens is 1. The van der Waals surface area contributed by atoms with Crippen molar-refractivity contribution in [1.82, 2.24) is 5.32 Å². The zero-order chi connectivity index (χ0) is 13.9. The van der Waals surface area contributed by atoms with Crippen molar-refractivity contribution >= 4 is 10.8 Å². The predicted molar refractivity (Wildman–Crippen MR) is 81.3 cm³/mol. The summed E-state index contributed by atoms with van der Waals surface area (Å²) >= 11 is 0. The van der Waals surface area contributed by atoms with Gasteiger partial charge in [0.15, 0.2) is 0 Å². The van der Waals surface area contributed by atoms with Crippen LogP contribution in [0.3, 0.4) is 0 Å². The molecule has 0 saturated carbocycles. The monoisotopic (exact) mass is 265 g/mol. The molecule has 1 unspecified atom stereocenters. The standard InChI is InChI=1S/C18H16FN/c1-20-18(14-8-10-17(19)11-9-14)16-7-6-13-4-2-3-5-15(13)12-16/h2-12,18,20H,1H3. The fourth-order valence-electron chi connectivity index (χ4n) is 2.57. The van der Waals surface area contributed by atoms with E-state index in [1.54, 1.807) is 0 Å². The summed E-state index contributed by atoms with van der Waals surface area (Å²) in [6.07, 6.45) is 0. The van der Waals surface area contributed by atoms with Gasteiger partial charge in [-0.05, 0) is 47.1 Å². The lowest BCUT2D eigenvalue weighted by atomic mass is 9.96. The summed E-state index contributed by atoms with van der Waals surface area (Å²) in [5, 5.41) is 5.74. The van der Waals surface area contributed by atoms with Crippen LogP contribution in [0.15, 0.2) is 66.7 Å². The first kappa shape index (κ1) is 12.8. The molecule has 20 heavy (non-hydrogen) atoms. The van der Waals surface area contributed by atoms with Crippen LogP contribution in [0.25, 0.3) is 10.8 Å². The lowest BCUT2D eigenvalue weighted by Crippen LogP contribution is -2.17. The molecule has 0 aliphatic carbocycles. The minimum absolute atomic E-state index is 0.0696. The molecule has 0 bridgehead atoms. The van der Waals surface area contributed by atoms with Gasteiger partial charge in [0.25, 0.3) is 0 Å². The molecule has 1 N–H and O–H groups in total. The van der Waals surface area contributed by atoms with Crippen LogP contribution in [-0.2, 0) is 0 Å². The molecular weight excluding hydrogens is 249 g/mol. The number of rotatable bonds is 3. The summed E-state index contributed by atoms with van der Waals surface area (Å²) < 4.78 is 13.0. The van der Waals surface area contributed by atoms with Crippen molar-refractivity contribution in [3.8, 4) is 0 Å². The van der Waals surface area contributed by atoms with Gasteiger partial charge in [-0.3, -0.25) is 0 Å². The lowest BCUT2D eigenvalue weighted by molar-refractivity contribution is 0.623. The molecule has 0 aliphatic heterocycles. The normalized spacial score (nSPS) is 12.5. The number of fused-ring (bicyclic) bond motifs is 1. The van der Waals surface area contributed by atoms with Gasteiger partial charge in [0.2, 0.25) is 0 Å². The second kappa shape index (κ2) is 5.43. The fraction of sp³-hybridized carbons (Fsp3) is 0.111. The van der Waals surface area contributed by atoms with Crippen LogP contribution < -0.4 is 5.32 Å². The minimum Gasteiger partial charge on any atom is -0.309 e. The van der Waals surface area contributed by atoms with Gasteiger partial charge in [0.1, 0.15) is 5.82 Å². The SMILES string of the molecule is CNC(c1ccc(F)cc1)c1ccc2ccccc2c1. The van der Waals surface area contributed by atoms with Crippen molar-refractivity contribution in [2.24, 2.45) is 0 Å². The first-order valence-corrected chi connectivity index (χ1v) is 6.69. The highest BCUT2D eigenvalue weighted by Crippen LogP contribution is 2.25. The zero-order valence-corrected chi connectivity index (χ0v) is 11.3. The third kappa shape index (κ3) is 2.43. The highest BCUT2D eigenvalue weighted by atomic mass is 19.1. The minimum atomic E-state index is -0.206. The van der Waals surface area contributed by atoms with Gasteiger partial charge in [-0.2, -0.15) is 0 Å². The first-order chi connectivity index (χ1) is 9.78. The third-order valence-corrected chi connectivity index (χ3v) is 3.60. The van der Waals surface area contributed by atoms with E-state index in [2.05, 4.69) is 35.6 Å². The van der Waals surface area contributed by atoms with E-state index in [0.717, 1.165) is 5.56 Å². The number of benzene rings is 3. The highest BCUT2D eigenvalue weighted by Gasteiger charge is 2.12. The Kier molecular flexibility index (Phi) is 3.48. The van der Waals surface area contributed by atoms with E-state index in [0.29, 0.717) is 0 Å². The molecule has 1 atom stereocenters. The van der Waals surface area contributed by atoms with E-state index < -0.39 is 0 Å². The van der Waals surface area contributed by atoms with Gasteiger partial charge in [-0.25, -0.2) is 4.39 Å². The average molecular weight is 265 g/mol. The molecule has 0 aromatic heterocycles. The van der Waals surface area contributed by atoms with Gasteiger partial charge in [0, 0.05) is 0 Å². The van der Waals surface area contributed by atoms with Gasteiger partial charge >= 0.3 is 0 Å². The molecule has 0 spiro atoms. The molecule has 0 saturated heterocycles. The Labute approximate surface area is 118 Å². The van der Waals surface area contributed by atoms with E-state index in [9.17, 15) is 4.39 Å². The van der Waals surface area contributed by atoms with Crippen LogP contribution in [-0.4, -0.2) is 7.05 Å². The molecule has 1 nitrogen and oxygen atoms in total. The highest BCUT2D eigenvalue weighted by molar-refractivity contribution is 5.83. The molecule has 2 heteroatoms. The molecule has 3 aromatic rings. The summed E-state index contributed by atoms with van der Waals surface area (Å²) in [4.78, 5) is 0. The van der Waals surface area contributed by atoms with Crippen molar-refractivity contribution < 1.29 is 4.39 Å². The lowest BCUT2D eigenvalue weighted by Gasteiger charge is -2.18. The largest absolute Gasteiger partial charge is 0.309 e. The van der Waals surface area contributed by atoms with Crippen molar-refractivity contribution in [2.45, 2.75) is 6.04 Å². The maximum Gasteiger partial charge on any atom is 0.123 e. The third-order valence-electron chi connectivity index (χ3n) is 3.60. The molecule has 0 aliphatic rings. The first-order valence-electron chi connectivity index (χ1n) is 6.69. The van der Waals surface area contributed by atoms with Gasteiger partial charge < -0.3 is 5.32 Å². The Morgan fingerprint density at radius 2 is 1.45 bits per heavy atom. The number of nitrogens with one attached hydrogen (secondary N) is 1. The summed E-state index contributed by atoms with van der Waals surface area (Å²) in [6, 6.07) is 21.4. The van der Waals surface area contributed by atoms with Crippen molar-refractivity contribution in [3.05, 3.63) is 83.7 Å². The molecule has 0 amide bonds. The van der Waals surface area contributed by atoms with E-state index in [4.69, 9.17) is 0 Å². The summed E-state index contributed by atoms with van der Waals surface area (Å²) in [5.74, 6) is -0.206. The quantitative estimate of drug-likeness (QED) is 0.745. The summed E-state index contributed by atoms with van der Waals surface area (Å²) in [6.45, 7) is 0. The molecule has 0 heterocycles. The van der Waals surface area contributed by atoms with Crippen LogP contribution in [0.1, 0.15) is 17.2 Å². The molecule has 100 valence electrons. The molecule has 3 aromatic carbocycles. The van der Waals surface area contributed by atoms with Crippen molar-refractivity contribution in [1.29, 1.82) is 0 Å². The molecular formula is C18H16FN. The van der Waals surface area contributed by atoms with Gasteiger partial charge in [0.05, 0.1) is 6.04 Å². The summed E-state index contributed by atoms with van der Waals surface area (Å²) in [7, 11) is 1.92. The predicted octanol–water partition coefficient (Wildman–Crippen LogP) is 4.29. The van der Waals surface area contributed by atoms with E-state index in [1.807, 2.05) is 31.3 Å². The maximum absolute atomic E-state index is 13.0. The molecule has 3 rings (SSSR count). The zero-order valence-electron chi connectivity index (χ0n) is 11.3. The van der Waals surface area contributed by atoms with E-state index >= 15 is 0 Å². The Morgan fingerprint density at radius 1 is 0.800 bits per heavy atom. The second-order valence-corrected chi connectivity index (χ2v) is 4.88. The Hall–Kier alpha value is -2.19. The van der Waals surface area contributed by atoms with Crippen LogP contribution in [0.4, 0.5) is 4.39 Å². The number of hydrogen-bond acceptors (Lipinski definition) is 1. The van der Waals surface area contributed by atoms with Crippen molar-refractivity contribution in [2.75, 3.05) is 7.05 Å². The Balaban J connectivity index is 2.04. The van der Waals surface area contributed by atoms with Crippen molar-refractivity contribution in [3.63, 3.8) is 0 Å². The Morgan fingerprint density at radius 3 is 2.15 bits per heavy atom. The Bertz CT molecular complexity index is 719.